The Bertz CT molecular complexity index is 506. The Morgan fingerprint density at radius 1 is 1.63 bits per heavy atom. The molecule has 1 aliphatic heterocycles. The van der Waals surface area contributed by atoms with E-state index in [1.807, 2.05) is 11.0 Å². The minimum absolute atomic E-state index is 0.213. The van der Waals surface area contributed by atoms with E-state index in [1.165, 1.54) is 0 Å². The summed E-state index contributed by atoms with van der Waals surface area (Å²) in [4.78, 5) is 18.6. The van der Waals surface area contributed by atoms with Gasteiger partial charge in [-0.3, -0.25) is 4.79 Å². The molecule has 2 heterocycles. The number of anilines is 1. The van der Waals surface area contributed by atoms with Crippen LogP contribution in [0.5, 0.6) is 5.88 Å². The van der Waals surface area contributed by atoms with Crippen molar-refractivity contribution in [1.82, 2.24) is 4.98 Å². The number of amides is 1. The standard InChI is InChI=1S/C14H17BrN2O2/c1-2-3-9-6-11(9)14(18)17-4-5-19-13-12(17)7-10(15)8-16-13/h7-9,11H,2-6H2,1H3/t9-,11-/m1/s1. The first-order valence-corrected chi connectivity index (χ1v) is 7.59. The van der Waals surface area contributed by atoms with E-state index in [4.69, 9.17) is 4.74 Å². The van der Waals surface area contributed by atoms with Crippen molar-refractivity contribution in [1.29, 1.82) is 0 Å². The fourth-order valence-electron chi connectivity index (χ4n) is 2.74. The summed E-state index contributed by atoms with van der Waals surface area (Å²) in [6.07, 6.45) is 5.05. The molecule has 0 spiro atoms. The first-order valence-electron chi connectivity index (χ1n) is 6.80. The maximum absolute atomic E-state index is 12.5. The summed E-state index contributed by atoms with van der Waals surface area (Å²) in [6, 6.07) is 1.91. The zero-order valence-corrected chi connectivity index (χ0v) is 12.5. The Morgan fingerprint density at radius 3 is 3.26 bits per heavy atom. The molecule has 0 N–H and O–H groups in total. The third-order valence-corrected chi connectivity index (χ3v) is 4.24. The molecule has 0 unspecified atom stereocenters. The second kappa shape index (κ2) is 5.12. The van der Waals surface area contributed by atoms with Gasteiger partial charge in [0, 0.05) is 16.6 Å². The van der Waals surface area contributed by atoms with Crippen LogP contribution in [0.1, 0.15) is 26.2 Å². The van der Waals surface area contributed by atoms with Gasteiger partial charge in [0.15, 0.2) is 0 Å². The molecule has 0 bridgehead atoms. The normalized spacial score (nSPS) is 24.6. The summed E-state index contributed by atoms with van der Waals surface area (Å²) in [7, 11) is 0. The van der Waals surface area contributed by atoms with E-state index in [0.29, 0.717) is 24.9 Å². The van der Waals surface area contributed by atoms with E-state index in [1.54, 1.807) is 6.20 Å². The average molecular weight is 325 g/mol. The molecule has 1 aromatic rings. The molecule has 1 amide bonds. The molecule has 1 aliphatic carbocycles. The summed E-state index contributed by atoms with van der Waals surface area (Å²) < 4.78 is 6.38. The van der Waals surface area contributed by atoms with Crippen molar-refractivity contribution in [2.75, 3.05) is 18.1 Å². The number of aromatic nitrogens is 1. The van der Waals surface area contributed by atoms with Gasteiger partial charge in [0.25, 0.3) is 0 Å². The van der Waals surface area contributed by atoms with Crippen LogP contribution in [0.2, 0.25) is 0 Å². The first-order chi connectivity index (χ1) is 9.20. The van der Waals surface area contributed by atoms with Crippen molar-refractivity contribution in [2.45, 2.75) is 26.2 Å². The van der Waals surface area contributed by atoms with Crippen LogP contribution in [0.3, 0.4) is 0 Å². The Kier molecular flexibility index (Phi) is 3.48. The fourth-order valence-corrected chi connectivity index (χ4v) is 3.06. The van der Waals surface area contributed by atoms with Gasteiger partial charge in [-0.15, -0.1) is 0 Å². The van der Waals surface area contributed by atoms with Gasteiger partial charge in [0.1, 0.15) is 12.3 Å². The zero-order valence-electron chi connectivity index (χ0n) is 10.9. The Hall–Kier alpha value is -1.10. The van der Waals surface area contributed by atoms with Gasteiger partial charge in [-0.05, 0) is 40.8 Å². The molecule has 2 aliphatic rings. The lowest BCUT2D eigenvalue weighted by molar-refractivity contribution is -0.120. The lowest BCUT2D eigenvalue weighted by Crippen LogP contribution is -2.39. The summed E-state index contributed by atoms with van der Waals surface area (Å²) in [6.45, 7) is 3.32. The van der Waals surface area contributed by atoms with E-state index >= 15 is 0 Å². The number of hydrogen-bond acceptors (Lipinski definition) is 3. The molecule has 2 atom stereocenters. The van der Waals surface area contributed by atoms with E-state index in [-0.39, 0.29) is 11.8 Å². The molecular weight excluding hydrogens is 308 g/mol. The highest BCUT2D eigenvalue weighted by Crippen LogP contribution is 2.45. The molecule has 1 saturated carbocycles. The van der Waals surface area contributed by atoms with Gasteiger partial charge in [-0.1, -0.05) is 13.3 Å². The van der Waals surface area contributed by atoms with Crippen LogP contribution in [-0.4, -0.2) is 24.0 Å². The summed E-state index contributed by atoms with van der Waals surface area (Å²) in [5, 5.41) is 0. The van der Waals surface area contributed by atoms with Gasteiger partial charge >= 0.3 is 0 Å². The molecule has 0 saturated heterocycles. The van der Waals surface area contributed by atoms with Gasteiger partial charge in [0.2, 0.25) is 11.8 Å². The van der Waals surface area contributed by atoms with Crippen molar-refractivity contribution in [3.05, 3.63) is 16.7 Å². The number of pyridine rings is 1. The molecule has 5 heteroatoms. The van der Waals surface area contributed by atoms with Crippen LogP contribution in [-0.2, 0) is 4.79 Å². The number of nitrogens with zero attached hydrogens (tertiary/aromatic N) is 2. The number of ether oxygens (including phenoxy) is 1. The monoisotopic (exact) mass is 324 g/mol. The third-order valence-electron chi connectivity index (χ3n) is 3.81. The molecule has 102 valence electrons. The number of rotatable bonds is 3. The molecule has 19 heavy (non-hydrogen) atoms. The van der Waals surface area contributed by atoms with Crippen molar-refractivity contribution < 1.29 is 9.53 Å². The quantitative estimate of drug-likeness (QED) is 0.858. The maximum Gasteiger partial charge on any atom is 0.238 e. The summed E-state index contributed by atoms with van der Waals surface area (Å²) in [5.74, 6) is 1.60. The SMILES string of the molecule is CCC[C@@H]1C[C@H]1C(=O)N1CCOc2ncc(Br)cc21. The maximum atomic E-state index is 12.5. The summed E-state index contributed by atoms with van der Waals surface area (Å²) in [5.41, 5.74) is 0.799. The molecule has 4 nitrogen and oxygen atoms in total. The summed E-state index contributed by atoms with van der Waals surface area (Å²) >= 11 is 3.40. The van der Waals surface area contributed by atoms with E-state index in [0.717, 1.165) is 29.4 Å². The third kappa shape index (κ3) is 2.48. The number of carbonyl (C=O) groups excluding carboxylic acids is 1. The van der Waals surface area contributed by atoms with Gasteiger partial charge in [-0.2, -0.15) is 0 Å². The topological polar surface area (TPSA) is 42.4 Å². The highest BCUT2D eigenvalue weighted by molar-refractivity contribution is 9.10. The van der Waals surface area contributed by atoms with Crippen LogP contribution in [0.25, 0.3) is 0 Å². The van der Waals surface area contributed by atoms with Gasteiger partial charge < -0.3 is 9.64 Å². The Balaban J connectivity index is 1.80. The number of fused-ring (bicyclic) bond motifs is 1. The van der Waals surface area contributed by atoms with Crippen LogP contribution >= 0.6 is 15.9 Å². The molecule has 0 radical (unpaired) electrons. The highest BCUT2D eigenvalue weighted by atomic mass is 79.9. The largest absolute Gasteiger partial charge is 0.474 e. The first kappa shape index (κ1) is 12.9. The Morgan fingerprint density at radius 2 is 2.47 bits per heavy atom. The highest BCUT2D eigenvalue weighted by Gasteiger charge is 2.45. The predicted molar refractivity (Wildman–Crippen MR) is 76.3 cm³/mol. The van der Waals surface area contributed by atoms with Gasteiger partial charge in [-0.25, -0.2) is 4.98 Å². The number of carbonyl (C=O) groups is 1. The molecule has 1 aromatic heterocycles. The van der Waals surface area contributed by atoms with Crippen molar-refractivity contribution in [3.63, 3.8) is 0 Å². The van der Waals surface area contributed by atoms with E-state index < -0.39 is 0 Å². The predicted octanol–water partition coefficient (Wildman–Crippen LogP) is 3.01. The Labute approximate surface area is 121 Å². The smallest absolute Gasteiger partial charge is 0.238 e. The number of hydrogen-bond donors (Lipinski definition) is 0. The van der Waals surface area contributed by atoms with Crippen LogP contribution < -0.4 is 9.64 Å². The second-order valence-corrected chi connectivity index (χ2v) is 6.12. The van der Waals surface area contributed by atoms with Crippen LogP contribution in [0, 0.1) is 11.8 Å². The van der Waals surface area contributed by atoms with Crippen LogP contribution in [0.15, 0.2) is 16.7 Å². The molecular formula is C14H17BrN2O2. The molecule has 0 aromatic carbocycles. The minimum atomic E-state index is 0.213. The van der Waals surface area contributed by atoms with Crippen LogP contribution in [0.4, 0.5) is 5.69 Å². The zero-order chi connectivity index (χ0) is 13.4. The average Bonchev–Trinajstić information content (AvgIpc) is 3.17. The second-order valence-electron chi connectivity index (χ2n) is 5.21. The van der Waals surface area contributed by atoms with Crippen molar-refractivity contribution >= 4 is 27.5 Å². The lowest BCUT2D eigenvalue weighted by Gasteiger charge is -2.29. The molecule has 1 fully saturated rings. The van der Waals surface area contributed by atoms with Gasteiger partial charge in [0.05, 0.1) is 6.54 Å². The fraction of sp³-hybridized carbons (Fsp3) is 0.571. The van der Waals surface area contributed by atoms with E-state index in [9.17, 15) is 4.79 Å². The number of halogens is 1. The molecule has 3 rings (SSSR count). The van der Waals surface area contributed by atoms with Crippen molar-refractivity contribution in [2.24, 2.45) is 11.8 Å². The van der Waals surface area contributed by atoms with Crippen molar-refractivity contribution in [3.8, 4) is 5.88 Å². The lowest BCUT2D eigenvalue weighted by atomic mass is 10.2. The van der Waals surface area contributed by atoms with E-state index in [2.05, 4.69) is 27.8 Å². The minimum Gasteiger partial charge on any atom is -0.474 e.